The summed E-state index contributed by atoms with van der Waals surface area (Å²) in [5.74, 6) is -0.158. The van der Waals surface area contributed by atoms with E-state index in [1.165, 1.54) is 6.92 Å². The second kappa shape index (κ2) is 10.6. The number of amides is 2. The van der Waals surface area contributed by atoms with Crippen molar-refractivity contribution in [3.63, 3.8) is 0 Å². The highest BCUT2D eigenvalue weighted by Crippen LogP contribution is 2.22. The number of carbonyl (C=O) groups excluding carboxylic acids is 2. The molecule has 2 aromatic rings. The van der Waals surface area contributed by atoms with E-state index in [9.17, 15) is 9.59 Å². The predicted octanol–water partition coefficient (Wildman–Crippen LogP) is 2.62. The van der Waals surface area contributed by atoms with Gasteiger partial charge in [-0.2, -0.15) is 0 Å². The molecule has 0 spiro atoms. The van der Waals surface area contributed by atoms with Crippen LogP contribution in [0.1, 0.15) is 25.3 Å². The third kappa shape index (κ3) is 5.56. The SMILES string of the molecule is CC(=O)N1C[C@@H](N)CC[C@@H](C(=O)N(C)Cc2cccc3cnccc23)C1.Cl.Cl. The number of nitrogens with zero attached hydrogens (tertiary/aromatic N) is 3. The first-order chi connectivity index (χ1) is 12.5. The molecule has 8 heteroatoms. The van der Waals surface area contributed by atoms with Gasteiger partial charge in [-0.25, -0.2) is 0 Å². The van der Waals surface area contributed by atoms with Crippen molar-refractivity contribution >= 4 is 47.4 Å². The fraction of sp³-hybridized carbons (Fsp3) is 0.450. The minimum absolute atomic E-state index is 0. The molecule has 1 aromatic carbocycles. The van der Waals surface area contributed by atoms with Crippen molar-refractivity contribution in [1.29, 1.82) is 0 Å². The average molecular weight is 427 g/mol. The summed E-state index contributed by atoms with van der Waals surface area (Å²) in [5, 5.41) is 2.17. The zero-order valence-electron chi connectivity index (χ0n) is 16.2. The van der Waals surface area contributed by atoms with Gasteiger partial charge in [-0.05, 0) is 29.9 Å². The first-order valence-electron chi connectivity index (χ1n) is 9.03. The highest BCUT2D eigenvalue weighted by Gasteiger charge is 2.30. The van der Waals surface area contributed by atoms with Crippen molar-refractivity contribution in [2.75, 3.05) is 20.1 Å². The smallest absolute Gasteiger partial charge is 0.227 e. The van der Waals surface area contributed by atoms with E-state index in [1.54, 1.807) is 16.0 Å². The molecule has 2 N–H and O–H groups in total. The van der Waals surface area contributed by atoms with E-state index < -0.39 is 0 Å². The number of hydrogen-bond acceptors (Lipinski definition) is 4. The van der Waals surface area contributed by atoms with Crippen LogP contribution in [0.4, 0.5) is 0 Å². The van der Waals surface area contributed by atoms with Gasteiger partial charge in [-0.3, -0.25) is 14.6 Å². The lowest BCUT2D eigenvalue weighted by Gasteiger charge is -2.27. The summed E-state index contributed by atoms with van der Waals surface area (Å²) < 4.78 is 0. The molecular weight excluding hydrogens is 399 g/mol. The summed E-state index contributed by atoms with van der Waals surface area (Å²) in [7, 11) is 1.82. The molecule has 0 bridgehead atoms. The van der Waals surface area contributed by atoms with Gasteiger partial charge in [-0.15, -0.1) is 24.8 Å². The van der Waals surface area contributed by atoms with Gasteiger partial charge in [0.15, 0.2) is 0 Å². The van der Waals surface area contributed by atoms with Crippen LogP contribution in [0.5, 0.6) is 0 Å². The quantitative estimate of drug-likeness (QED) is 0.817. The van der Waals surface area contributed by atoms with Gasteiger partial charge >= 0.3 is 0 Å². The van der Waals surface area contributed by atoms with Gasteiger partial charge in [-0.1, -0.05) is 18.2 Å². The summed E-state index contributed by atoms with van der Waals surface area (Å²) in [4.78, 5) is 32.4. The lowest BCUT2D eigenvalue weighted by atomic mass is 10.00. The van der Waals surface area contributed by atoms with E-state index in [1.807, 2.05) is 37.5 Å². The maximum atomic E-state index is 13.0. The molecule has 2 heterocycles. The third-order valence-corrected chi connectivity index (χ3v) is 5.13. The Morgan fingerprint density at radius 2 is 1.96 bits per heavy atom. The number of benzene rings is 1. The zero-order valence-corrected chi connectivity index (χ0v) is 17.8. The zero-order chi connectivity index (χ0) is 18.7. The van der Waals surface area contributed by atoms with Gasteiger partial charge in [0.05, 0.1) is 5.92 Å². The third-order valence-electron chi connectivity index (χ3n) is 5.13. The van der Waals surface area contributed by atoms with Crippen molar-refractivity contribution in [3.05, 3.63) is 42.2 Å². The molecule has 154 valence electrons. The van der Waals surface area contributed by atoms with E-state index in [-0.39, 0.29) is 48.6 Å². The molecule has 0 saturated carbocycles. The Balaban J connectivity index is 0.00000196. The Kier molecular flexibility index (Phi) is 9.14. The van der Waals surface area contributed by atoms with Gasteiger partial charge < -0.3 is 15.5 Å². The fourth-order valence-electron chi connectivity index (χ4n) is 3.65. The van der Waals surface area contributed by atoms with Crippen LogP contribution in [0.15, 0.2) is 36.7 Å². The highest BCUT2D eigenvalue weighted by molar-refractivity contribution is 5.86. The molecule has 2 atom stereocenters. The maximum absolute atomic E-state index is 13.0. The van der Waals surface area contributed by atoms with E-state index in [4.69, 9.17) is 5.73 Å². The van der Waals surface area contributed by atoms with Crippen LogP contribution < -0.4 is 5.73 Å². The molecule has 1 aromatic heterocycles. The second-order valence-electron chi connectivity index (χ2n) is 7.17. The molecule has 28 heavy (non-hydrogen) atoms. The van der Waals surface area contributed by atoms with Crippen LogP contribution in [0.2, 0.25) is 0 Å². The van der Waals surface area contributed by atoms with Crippen LogP contribution >= 0.6 is 24.8 Å². The molecule has 1 aliphatic rings. The Labute approximate surface area is 178 Å². The Morgan fingerprint density at radius 3 is 2.68 bits per heavy atom. The van der Waals surface area contributed by atoms with Gasteiger partial charge in [0.2, 0.25) is 11.8 Å². The lowest BCUT2D eigenvalue weighted by Crippen LogP contribution is -2.42. The first kappa shape index (κ1) is 24.1. The van der Waals surface area contributed by atoms with E-state index >= 15 is 0 Å². The minimum Gasteiger partial charge on any atom is -0.341 e. The van der Waals surface area contributed by atoms with E-state index in [2.05, 4.69) is 4.98 Å². The predicted molar refractivity (Wildman–Crippen MR) is 116 cm³/mol. The summed E-state index contributed by atoms with van der Waals surface area (Å²) in [6.45, 7) is 3.04. The Hall–Kier alpha value is -1.89. The standard InChI is InChI=1S/C20H26N4O2.2ClH/c1-14(25)24-12-17(6-7-18(21)13-24)20(26)23(2)11-16-5-3-4-15-10-22-9-8-19(15)16;;/h3-5,8-10,17-18H,6-7,11-13,21H2,1-2H3;2*1H/t17-,18+;;/m1../s1. The van der Waals surface area contributed by atoms with Crippen molar-refractivity contribution < 1.29 is 9.59 Å². The molecule has 0 radical (unpaired) electrons. The average Bonchev–Trinajstić information content (AvgIpc) is 2.83. The van der Waals surface area contributed by atoms with E-state index in [0.29, 0.717) is 26.1 Å². The van der Waals surface area contributed by atoms with Crippen LogP contribution in [0, 0.1) is 5.92 Å². The van der Waals surface area contributed by atoms with Gasteiger partial charge in [0, 0.05) is 57.4 Å². The Morgan fingerprint density at radius 1 is 1.21 bits per heavy atom. The first-order valence-corrected chi connectivity index (χ1v) is 9.03. The van der Waals surface area contributed by atoms with Crippen molar-refractivity contribution in [2.24, 2.45) is 11.7 Å². The Bertz CT molecular complexity index is 812. The van der Waals surface area contributed by atoms with Crippen molar-refractivity contribution in [2.45, 2.75) is 32.4 Å². The number of pyridine rings is 1. The molecule has 6 nitrogen and oxygen atoms in total. The number of aromatic nitrogens is 1. The summed E-state index contributed by atoms with van der Waals surface area (Å²) in [6, 6.07) is 7.96. The van der Waals surface area contributed by atoms with Crippen molar-refractivity contribution in [1.82, 2.24) is 14.8 Å². The summed E-state index contributed by atoms with van der Waals surface area (Å²) >= 11 is 0. The molecule has 1 fully saturated rings. The number of halogens is 2. The largest absolute Gasteiger partial charge is 0.341 e. The fourth-order valence-corrected chi connectivity index (χ4v) is 3.65. The molecule has 3 rings (SSSR count). The van der Waals surface area contributed by atoms with Crippen LogP contribution in [-0.2, 0) is 16.1 Å². The minimum atomic E-state index is -0.200. The summed E-state index contributed by atoms with van der Waals surface area (Å²) in [6.07, 6.45) is 5.07. The topological polar surface area (TPSA) is 79.5 Å². The van der Waals surface area contributed by atoms with Crippen LogP contribution in [0.3, 0.4) is 0 Å². The van der Waals surface area contributed by atoms with Crippen molar-refractivity contribution in [3.8, 4) is 0 Å². The van der Waals surface area contributed by atoms with Gasteiger partial charge in [0.25, 0.3) is 0 Å². The molecular formula is C20H28Cl2N4O2. The molecule has 0 aliphatic carbocycles. The number of rotatable bonds is 3. The number of hydrogen-bond donors (Lipinski definition) is 1. The monoisotopic (exact) mass is 426 g/mol. The highest BCUT2D eigenvalue weighted by atomic mass is 35.5. The van der Waals surface area contributed by atoms with E-state index in [0.717, 1.165) is 22.8 Å². The van der Waals surface area contributed by atoms with Crippen LogP contribution in [0.25, 0.3) is 10.8 Å². The number of fused-ring (bicyclic) bond motifs is 1. The normalized spacial score (nSPS) is 19.2. The number of carbonyl (C=O) groups is 2. The second-order valence-corrected chi connectivity index (χ2v) is 7.17. The van der Waals surface area contributed by atoms with Gasteiger partial charge in [0.1, 0.15) is 0 Å². The molecule has 1 aliphatic heterocycles. The number of nitrogens with two attached hydrogens (primary N) is 1. The molecule has 1 saturated heterocycles. The lowest BCUT2D eigenvalue weighted by molar-refractivity contribution is -0.137. The summed E-state index contributed by atoms with van der Waals surface area (Å²) in [5.41, 5.74) is 7.15. The van der Waals surface area contributed by atoms with Crippen LogP contribution in [-0.4, -0.2) is 52.8 Å². The molecule has 0 unspecified atom stereocenters. The molecule has 2 amide bonds. The number of likely N-dealkylation sites (tertiary alicyclic amines) is 1. The maximum Gasteiger partial charge on any atom is 0.227 e.